The lowest BCUT2D eigenvalue weighted by Gasteiger charge is -2.16. The Morgan fingerprint density at radius 1 is 1.23 bits per heavy atom. The van der Waals surface area contributed by atoms with Gasteiger partial charge >= 0.3 is 18.4 Å². The Morgan fingerprint density at radius 2 is 1.96 bits per heavy atom. The number of alkyl halides is 6. The second-order valence-corrected chi connectivity index (χ2v) is 5.98. The van der Waals surface area contributed by atoms with Crippen molar-refractivity contribution in [2.75, 3.05) is 6.61 Å². The number of carbonyl (C=O) groups is 1. The molecule has 0 aromatic carbocycles. The highest BCUT2D eigenvalue weighted by Gasteiger charge is 2.44. The first-order chi connectivity index (χ1) is 12.0. The van der Waals surface area contributed by atoms with Crippen molar-refractivity contribution in [3.05, 3.63) is 23.9 Å². The zero-order valence-corrected chi connectivity index (χ0v) is 13.5. The molecule has 11 heteroatoms. The molecule has 0 aliphatic heterocycles. The fraction of sp³-hybridized carbons (Fsp3) is 0.600. The maximum atomic E-state index is 12.6. The third-order valence-electron chi connectivity index (χ3n) is 3.87. The minimum atomic E-state index is -4.49. The summed E-state index contributed by atoms with van der Waals surface area (Å²) in [6.07, 6.45) is -7.49. The molecule has 2 atom stereocenters. The number of nitrogens with one attached hydrogen (secondary N) is 2. The van der Waals surface area contributed by atoms with Crippen LogP contribution in [0.3, 0.4) is 0 Å². The van der Waals surface area contributed by atoms with Gasteiger partial charge in [0.25, 0.3) is 0 Å². The maximum Gasteiger partial charge on any atom is 0.422 e. The number of aromatic nitrogens is 1. The molecule has 0 saturated heterocycles. The molecule has 1 fully saturated rings. The number of pyridine rings is 1. The van der Waals surface area contributed by atoms with Gasteiger partial charge in [0.05, 0.1) is 5.92 Å². The smallest absolute Gasteiger partial charge is 0.422 e. The monoisotopic (exact) mass is 385 g/mol. The van der Waals surface area contributed by atoms with Gasteiger partial charge in [-0.3, -0.25) is 0 Å². The van der Waals surface area contributed by atoms with E-state index in [9.17, 15) is 31.1 Å². The highest BCUT2D eigenvalue weighted by molar-refractivity contribution is 5.74. The van der Waals surface area contributed by atoms with E-state index in [2.05, 4.69) is 20.4 Å². The molecule has 1 aliphatic carbocycles. The van der Waals surface area contributed by atoms with Crippen LogP contribution in [0.4, 0.5) is 31.1 Å². The van der Waals surface area contributed by atoms with Gasteiger partial charge in [0.15, 0.2) is 6.61 Å². The lowest BCUT2D eigenvalue weighted by molar-refractivity contribution is -0.172. The van der Waals surface area contributed by atoms with E-state index in [1.807, 2.05) is 0 Å². The Morgan fingerprint density at radius 3 is 2.58 bits per heavy atom. The molecule has 2 unspecified atom stereocenters. The van der Waals surface area contributed by atoms with Crippen molar-refractivity contribution >= 4 is 6.03 Å². The number of amides is 2. The topological polar surface area (TPSA) is 63.2 Å². The molecular formula is C15H17F6N3O2. The average molecular weight is 385 g/mol. The Labute approximate surface area is 145 Å². The summed E-state index contributed by atoms with van der Waals surface area (Å²) in [6, 6.07) is 1.49. The van der Waals surface area contributed by atoms with Gasteiger partial charge in [0.1, 0.15) is 0 Å². The van der Waals surface area contributed by atoms with E-state index in [1.165, 1.54) is 18.3 Å². The van der Waals surface area contributed by atoms with Gasteiger partial charge in [-0.15, -0.1) is 0 Å². The van der Waals surface area contributed by atoms with Crippen LogP contribution in [0.25, 0.3) is 0 Å². The summed E-state index contributed by atoms with van der Waals surface area (Å²) in [5.74, 6) is -1.66. The van der Waals surface area contributed by atoms with E-state index < -0.39 is 37.0 Å². The van der Waals surface area contributed by atoms with Crippen LogP contribution >= 0.6 is 0 Å². The zero-order valence-electron chi connectivity index (χ0n) is 13.5. The standard InChI is InChI=1S/C15H17F6N3O2/c16-14(17,18)8-26-12-5-9(3-4-22-12)7-23-13(25)24-11-2-1-10(6-11)15(19,20)21/h3-5,10-11H,1-2,6-8H2,(H2,23,24,25). The largest absolute Gasteiger partial charge is 0.468 e. The molecule has 1 aromatic rings. The minimum absolute atomic E-state index is 0.0291. The number of ether oxygens (including phenoxy) is 1. The lowest BCUT2D eigenvalue weighted by atomic mass is 10.1. The number of hydrogen-bond donors (Lipinski definition) is 2. The van der Waals surface area contributed by atoms with Crippen LogP contribution in [0.1, 0.15) is 24.8 Å². The highest BCUT2D eigenvalue weighted by Crippen LogP contribution is 2.38. The van der Waals surface area contributed by atoms with Crippen molar-refractivity contribution in [3.63, 3.8) is 0 Å². The Bertz CT molecular complexity index is 620. The predicted molar refractivity (Wildman–Crippen MR) is 78.3 cm³/mol. The summed E-state index contributed by atoms with van der Waals surface area (Å²) >= 11 is 0. The molecular weight excluding hydrogens is 368 g/mol. The van der Waals surface area contributed by atoms with Crippen LogP contribution < -0.4 is 15.4 Å². The number of halogens is 6. The summed E-state index contributed by atoms with van der Waals surface area (Å²) in [5, 5.41) is 4.91. The Hall–Kier alpha value is -2.20. The van der Waals surface area contributed by atoms with E-state index >= 15 is 0 Å². The quantitative estimate of drug-likeness (QED) is 0.762. The number of rotatable bonds is 5. The van der Waals surface area contributed by atoms with E-state index in [1.54, 1.807) is 0 Å². The molecule has 1 heterocycles. The second kappa shape index (κ2) is 8.00. The maximum absolute atomic E-state index is 12.6. The van der Waals surface area contributed by atoms with Crippen LogP contribution in [0.5, 0.6) is 5.88 Å². The predicted octanol–water partition coefficient (Wildman–Crippen LogP) is 3.55. The van der Waals surface area contributed by atoms with Crippen molar-refractivity contribution in [2.24, 2.45) is 5.92 Å². The number of urea groups is 1. The molecule has 146 valence electrons. The summed E-state index contributed by atoms with van der Waals surface area (Å²) in [4.78, 5) is 15.4. The first-order valence-corrected chi connectivity index (χ1v) is 7.78. The fourth-order valence-electron chi connectivity index (χ4n) is 2.62. The molecule has 0 spiro atoms. The van der Waals surface area contributed by atoms with E-state index in [-0.39, 0.29) is 31.7 Å². The zero-order chi connectivity index (χ0) is 19.4. The summed E-state index contributed by atoms with van der Waals surface area (Å²) in [5.41, 5.74) is 0.437. The molecule has 0 radical (unpaired) electrons. The van der Waals surface area contributed by atoms with Gasteiger partial charge in [-0.1, -0.05) is 0 Å². The van der Waals surface area contributed by atoms with Crippen molar-refractivity contribution in [3.8, 4) is 5.88 Å². The SMILES string of the molecule is O=C(NCc1ccnc(OCC(F)(F)F)c1)NC1CCC(C(F)(F)F)C1. The van der Waals surface area contributed by atoms with Crippen LogP contribution in [-0.4, -0.2) is 36.0 Å². The molecule has 1 aliphatic rings. The van der Waals surface area contributed by atoms with Gasteiger partial charge in [-0.25, -0.2) is 9.78 Å². The van der Waals surface area contributed by atoms with Gasteiger partial charge in [-0.2, -0.15) is 26.3 Å². The highest BCUT2D eigenvalue weighted by atomic mass is 19.4. The van der Waals surface area contributed by atoms with Crippen LogP contribution in [0.15, 0.2) is 18.3 Å². The number of carbonyl (C=O) groups excluding carboxylic acids is 1. The Balaban J connectivity index is 1.77. The third kappa shape index (κ3) is 6.60. The van der Waals surface area contributed by atoms with E-state index in [4.69, 9.17) is 0 Å². The minimum Gasteiger partial charge on any atom is -0.468 e. The van der Waals surface area contributed by atoms with Crippen LogP contribution in [-0.2, 0) is 6.54 Å². The van der Waals surface area contributed by atoms with Gasteiger partial charge < -0.3 is 15.4 Å². The van der Waals surface area contributed by atoms with E-state index in [0.717, 1.165) is 0 Å². The molecule has 1 saturated carbocycles. The summed E-state index contributed by atoms with van der Waals surface area (Å²) < 4.78 is 78.6. The average Bonchev–Trinajstić information content (AvgIpc) is 2.99. The summed E-state index contributed by atoms with van der Waals surface area (Å²) in [7, 11) is 0. The summed E-state index contributed by atoms with van der Waals surface area (Å²) in [6.45, 7) is -1.52. The van der Waals surface area contributed by atoms with Crippen LogP contribution in [0.2, 0.25) is 0 Å². The molecule has 26 heavy (non-hydrogen) atoms. The molecule has 2 rings (SSSR count). The molecule has 1 aromatic heterocycles. The van der Waals surface area contributed by atoms with Crippen molar-refractivity contribution in [2.45, 2.75) is 44.2 Å². The van der Waals surface area contributed by atoms with Gasteiger partial charge in [0.2, 0.25) is 5.88 Å². The molecule has 2 amide bonds. The van der Waals surface area contributed by atoms with Crippen molar-refractivity contribution in [1.29, 1.82) is 0 Å². The Kier molecular flexibility index (Phi) is 6.19. The van der Waals surface area contributed by atoms with Gasteiger partial charge in [-0.05, 0) is 30.9 Å². The first kappa shape index (κ1) is 20.1. The lowest BCUT2D eigenvalue weighted by Crippen LogP contribution is -2.41. The van der Waals surface area contributed by atoms with Crippen molar-refractivity contribution in [1.82, 2.24) is 15.6 Å². The molecule has 0 bridgehead atoms. The first-order valence-electron chi connectivity index (χ1n) is 7.78. The van der Waals surface area contributed by atoms with Crippen molar-refractivity contribution < 1.29 is 35.9 Å². The number of hydrogen-bond acceptors (Lipinski definition) is 3. The van der Waals surface area contributed by atoms with E-state index in [0.29, 0.717) is 5.56 Å². The normalized spacial score (nSPS) is 20.7. The fourth-order valence-corrected chi connectivity index (χ4v) is 2.62. The number of nitrogens with zero attached hydrogens (tertiary/aromatic N) is 1. The third-order valence-corrected chi connectivity index (χ3v) is 3.87. The second-order valence-electron chi connectivity index (χ2n) is 5.98. The van der Waals surface area contributed by atoms with Gasteiger partial charge in [0, 0.05) is 24.8 Å². The van der Waals surface area contributed by atoms with Crippen LogP contribution in [0, 0.1) is 5.92 Å². The molecule has 2 N–H and O–H groups in total. The molecule has 5 nitrogen and oxygen atoms in total.